The molecule has 6 rings (SSSR count). The number of aromatic nitrogens is 2. The molecule has 166 valence electrons. The van der Waals surface area contributed by atoms with Gasteiger partial charge in [0.05, 0.1) is 29.7 Å². The van der Waals surface area contributed by atoms with Crippen LogP contribution < -0.4 is 4.74 Å². The molecule has 33 heavy (non-hydrogen) atoms. The van der Waals surface area contributed by atoms with Crippen molar-refractivity contribution in [2.75, 3.05) is 19.6 Å². The number of carboxylic acids is 1. The number of ether oxygens (including phenoxy) is 1. The van der Waals surface area contributed by atoms with E-state index in [1.54, 1.807) is 35.6 Å². The highest BCUT2D eigenvalue weighted by Gasteiger charge is 2.26. The van der Waals surface area contributed by atoms with E-state index in [4.69, 9.17) is 4.74 Å². The summed E-state index contributed by atoms with van der Waals surface area (Å²) in [6, 6.07) is 12.2. The smallest absolute Gasteiger partial charge is 0.336 e. The van der Waals surface area contributed by atoms with Crippen LogP contribution >= 0.6 is 0 Å². The van der Waals surface area contributed by atoms with Crippen LogP contribution in [0.2, 0.25) is 0 Å². The van der Waals surface area contributed by atoms with E-state index in [1.807, 2.05) is 16.7 Å². The highest BCUT2D eigenvalue weighted by molar-refractivity contribution is 5.90. The van der Waals surface area contributed by atoms with Crippen LogP contribution in [0, 0.1) is 11.3 Å². The summed E-state index contributed by atoms with van der Waals surface area (Å²) < 4.78 is 8.06. The topological polar surface area (TPSA) is 112 Å². The van der Waals surface area contributed by atoms with Crippen molar-refractivity contribution in [3.8, 4) is 17.6 Å². The maximum absolute atomic E-state index is 12.9. The highest BCUT2D eigenvalue weighted by atomic mass is 16.5. The fourth-order valence-electron chi connectivity index (χ4n) is 4.25. The van der Waals surface area contributed by atoms with Crippen molar-refractivity contribution in [2.24, 2.45) is 0 Å². The molecule has 2 aromatic carbocycles. The van der Waals surface area contributed by atoms with E-state index in [0.717, 1.165) is 11.3 Å². The van der Waals surface area contributed by atoms with Gasteiger partial charge in [0.2, 0.25) is 5.91 Å². The second kappa shape index (κ2) is 8.41. The van der Waals surface area contributed by atoms with Gasteiger partial charge >= 0.3 is 5.97 Å². The number of carbonyl (C=O) groups is 2. The molecule has 3 aromatic rings. The van der Waals surface area contributed by atoms with E-state index in [-0.39, 0.29) is 24.6 Å². The van der Waals surface area contributed by atoms with Gasteiger partial charge in [-0.25, -0.2) is 9.78 Å². The van der Waals surface area contributed by atoms with Crippen molar-refractivity contribution < 1.29 is 19.4 Å². The number of carbonyl (C=O) groups excluding carboxylic acids is 1. The van der Waals surface area contributed by atoms with Gasteiger partial charge in [0.25, 0.3) is 0 Å². The summed E-state index contributed by atoms with van der Waals surface area (Å²) in [7, 11) is 0. The van der Waals surface area contributed by atoms with Gasteiger partial charge in [-0.15, -0.1) is 0 Å². The molecule has 6 bridgehead atoms. The second-order valence-corrected chi connectivity index (χ2v) is 8.21. The van der Waals surface area contributed by atoms with E-state index in [0.29, 0.717) is 48.8 Å². The standard InChI is InChI=1S/C24H21N5O4/c25-9-17-2-1-16-7-22(17)33-20-3-4-21(24(31)32)18(8-20)12-28-6-5-27(14-23(28)30)13-19-10-26-15-29(19)11-16/h1-4,7-8,10,15H,5-6,11-14H2,(H,31,32). The monoisotopic (exact) mass is 443 g/mol. The molecular weight excluding hydrogens is 422 g/mol. The number of nitrogens with zero attached hydrogens (tertiary/aromatic N) is 5. The third kappa shape index (κ3) is 4.16. The first-order chi connectivity index (χ1) is 16.0. The minimum atomic E-state index is -1.06. The Morgan fingerprint density at radius 2 is 1.97 bits per heavy atom. The van der Waals surface area contributed by atoms with E-state index < -0.39 is 5.97 Å². The van der Waals surface area contributed by atoms with Crippen LogP contribution in [0.3, 0.4) is 0 Å². The summed E-state index contributed by atoms with van der Waals surface area (Å²) in [5.41, 5.74) is 2.89. The number of rotatable bonds is 1. The summed E-state index contributed by atoms with van der Waals surface area (Å²) in [6.45, 7) is 2.72. The predicted molar refractivity (Wildman–Crippen MR) is 117 cm³/mol. The third-order valence-electron chi connectivity index (χ3n) is 6.00. The largest absolute Gasteiger partial charge is 0.478 e. The summed E-state index contributed by atoms with van der Waals surface area (Å²) in [6.07, 6.45) is 3.55. The van der Waals surface area contributed by atoms with Crippen LogP contribution in [-0.4, -0.2) is 56.0 Å². The number of hydrogen-bond acceptors (Lipinski definition) is 6. The van der Waals surface area contributed by atoms with E-state index in [9.17, 15) is 20.0 Å². The Hall–Kier alpha value is -4.16. The van der Waals surface area contributed by atoms with Crippen molar-refractivity contribution >= 4 is 11.9 Å². The number of piperazine rings is 1. The number of benzene rings is 2. The Kier molecular flexibility index (Phi) is 5.28. The van der Waals surface area contributed by atoms with Crippen molar-refractivity contribution in [3.63, 3.8) is 0 Å². The highest BCUT2D eigenvalue weighted by Crippen LogP contribution is 2.29. The lowest BCUT2D eigenvalue weighted by Crippen LogP contribution is -2.49. The normalized spacial score (nSPS) is 17.7. The maximum Gasteiger partial charge on any atom is 0.336 e. The zero-order chi connectivity index (χ0) is 22.9. The lowest BCUT2D eigenvalue weighted by molar-refractivity contribution is -0.136. The van der Waals surface area contributed by atoms with Gasteiger partial charge in [-0.1, -0.05) is 6.07 Å². The Bertz CT molecular complexity index is 1290. The molecule has 0 radical (unpaired) electrons. The molecule has 0 spiro atoms. The second-order valence-electron chi connectivity index (χ2n) is 8.21. The van der Waals surface area contributed by atoms with Crippen LogP contribution in [0.1, 0.15) is 32.7 Å². The minimum absolute atomic E-state index is 0.0564. The van der Waals surface area contributed by atoms with Crippen molar-refractivity contribution in [1.29, 1.82) is 5.26 Å². The zero-order valence-corrected chi connectivity index (χ0v) is 17.8. The van der Waals surface area contributed by atoms with E-state index >= 15 is 0 Å². The molecule has 1 amide bonds. The first-order valence-corrected chi connectivity index (χ1v) is 10.6. The molecule has 3 aliphatic heterocycles. The number of imidazole rings is 1. The molecule has 1 N–H and O–H groups in total. The van der Waals surface area contributed by atoms with Crippen molar-refractivity contribution in [2.45, 2.75) is 19.6 Å². The number of carboxylic acid groups (broad SMARTS) is 1. The van der Waals surface area contributed by atoms with Gasteiger partial charge in [-0.2, -0.15) is 5.26 Å². The number of amides is 1. The molecule has 9 heteroatoms. The van der Waals surface area contributed by atoms with Gasteiger partial charge in [0.1, 0.15) is 17.6 Å². The molecule has 1 fully saturated rings. The van der Waals surface area contributed by atoms with Gasteiger partial charge in [0, 0.05) is 38.9 Å². The molecule has 1 aromatic heterocycles. The molecular formula is C24H21N5O4. The fraction of sp³-hybridized carbons (Fsp3) is 0.250. The minimum Gasteiger partial charge on any atom is -0.478 e. The van der Waals surface area contributed by atoms with E-state index in [1.165, 1.54) is 6.07 Å². The van der Waals surface area contributed by atoms with Crippen LogP contribution in [0.25, 0.3) is 0 Å². The number of aromatic carboxylic acids is 1. The molecule has 1 unspecified atom stereocenters. The molecule has 4 heterocycles. The summed E-state index contributed by atoms with van der Waals surface area (Å²) in [5.74, 6) is -0.325. The molecule has 1 atom stereocenters. The van der Waals surface area contributed by atoms with Crippen LogP contribution in [-0.2, 0) is 24.4 Å². The Morgan fingerprint density at radius 1 is 1.09 bits per heavy atom. The molecule has 0 aliphatic carbocycles. The number of nitriles is 1. The first-order valence-electron chi connectivity index (χ1n) is 10.6. The zero-order valence-electron chi connectivity index (χ0n) is 17.8. The first kappa shape index (κ1) is 20.7. The molecule has 9 nitrogen and oxygen atoms in total. The van der Waals surface area contributed by atoms with Crippen molar-refractivity contribution in [3.05, 3.63) is 76.9 Å². The van der Waals surface area contributed by atoms with Crippen LogP contribution in [0.15, 0.2) is 48.9 Å². The Balaban J connectivity index is 1.61. The maximum atomic E-state index is 12.9. The summed E-state index contributed by atoms with van der Waals surface area (Å²) in [4.78, 5) is 32.7. The Morgan fingerprint density at radius 3 is 2.76 bits per heavy atom. The predicted octanol–water partition coefficient (Wildman–Crippen LogP) is 2.45. The average molecular weight is 443 g/mol. The molecule has 3 aliphatic rings. The van der Waals surface area contributed by atoms with Gasteiger partial charge in [-0.3, -0.25) is 9.69 Å². The van der Waals surface area contributed by atoms with Crippen molar-refractivity contribution in [1.82, 2.24) is 19.4 Å². The van der Waals surface area contributed by atoms with Gasteiger partial charge in [0.15, 0.2) is 0 Å². The SMILES string of the molecule is N#Cc1ccc2cc1Oc1ccc(C(=O)O)c(c1)CN1CCN(CC1=O)Cc1cncn1C2. The average Bonchev–Trinajstić information content (AvgIpc) is 3.21. The quantitative estimate of drug-likeness (QED) is 0.615. The lowest BCUT2D eigenvalue weighted by Gasteiger charge is -2.34. The molecule has 1 saturated heterocycles. The number of fused-ring (bicyclic) bond motifs is 2. The summed E-state index contributed by atoms with van der Waals surface area (Å²) >= 11 is 0. The third-order valence-corrected chi connectivity index (χ3v) is 6.00. The fourth-order valence-corrected chi connectivity index (χ4v) is 4.25. The Labute approximate surface area is 190 Å². The number of hydrogen-bond donors (Lipinski definition) is 1. The van der Waals surface area contributed by atoms with Gasteiger partial charge < -0.3 is 19.3 Å². The lowest BCUT2D eigenvalue weighted by atomic mass is 10.1. The van der Waals surface area contributed by atoms with E-state index in [2.05, 4.69) is 16.0 Å². The summed E-state index contributed by atoms with van der Waals surface area (Å²) in [5, 5.41) is 19.2. The molecule has 0 saturated carbocycles. The van der Waals surface area contributed by atoms with Gasteiger partial charge in [-0.05, 0) is 41.5 Å². The van der Waals surface area contributed by atoms with Crippen LogP contribution in [0.4, 0.5) is 0 Å². The van der Waals surface area contributed by atoms with Crippen LogP contribution in [0.5, 0.6) is 11.5 Å².